The molecule has 1 atom stereocenters. The molecule has 1 aliphatic heterocycles. The predicted octanol–water partition coefficient (Wildman–Crippen LogP) is 5.70. The van der Waals surface area contributed by atoms with E-state index in [0.29, 0.717) is 0 Å². The average Bonchev–Trinajstić information content (AvgIpc) is 3.37. The zero-order valence-electron chi connectivity index (χ0n) is 16.8. The largest absolute Gasteiger partial charge is 0.477 e. The van der Waals surface area contributed by atoms with Crippen molar-refractivity contribution in [3.05, 3.63) is 62.7 Å². The number of benzene rings is 1. The van der Waals surface area contributed by atoms with E-state index in [2.05, 4.69) is 42.7 Å². The normalized spacial score (nSPS) is 15.8. The number of carboxylic acid groups (broad SMARTS) is 1. The molecule has 4 aromatic rings. The molecule has 1 aromatic carbocycles. The van der Waals surface area contributed by atoms with Crippen LogP contribution in [0.2, 0.25) is 0 Å². The molecule has 0 fully saturated rings. The van der Waals surface area contributed by atoms with Gasteiger partial charge in [-0.3, -0.25) is 4.79 Å². The second kappa shape index (κ2) is 6.62. The van der Waals surface area contributed by atoms with Crippen LogP contribution in [0.5, 0.6) is 0 Å². The van der Waals surface area contributed by atoms with Crippen molar-refractivity contribution in [2.75, 3.05) is 0 Å². The van der Waals surface area contributed by atoms with E-state index in [4.69, 9.17) is 0 Å². The smallest absolute Gasteiger partial charge is 0.341 e. The maximum atomic E-state index is 12.6. The number of hydrogen-bond acceptors (Lipinski definition) is 5. The molecule has 1 aliphatic rings. The minimum Gasteiger partial charge on any atom is -0.477 e. The van der Waals surface area contributed by atoms with E-state index in [9.17, 15) is 14.7 Å². The fraction of sp³-hybridized carbons (Fsp3) is 0.261. The van der Waals surface area contributed by atoms with Gasteiger partial charge in [0.15, 0.2) is 5.43 Å². The van der Waals surface area contributed by atoms with Crippen molar-refractivity contribution in [3.8, 4) is 22.4 Å². The summed E-state index contributed by atoms with van der Waals surface area (Å²) in [7, 11) is 0. The number of rotatable bonds is 2. The topological polar surface area (TPSA) is 72.2 Å². The Balaban J connectivity index is 1.88. The number of carbonyl (C=O) groups is 1. The third-order valence-corrected chi connectivity index (χ3v) is 7.47. The molecule has 0 bridgehead atoms. The molecular formula is C23H20N2O3S2. The zero-order chi connectivity index (χ0) is 21.2. The van der Waals surface area contributed by atoms with Crippen molar-refractivity contribution < 1.29 is 9.90 Å². The average molecular weight is 437 g/mol. The number of thiophene rings is 1. The van der Waals surface area contributed by atoms with Crippen LogP contribution in [0.4, 0.5) is 0 Å². The number of carboxylic acids is 1. The first-order valence-corrected chi connectivity index (χ1v) is 11.4. The lowest BCUT2D eigenvalue weighted by atomic mass is 9.78. The molecule has 0 aliphatic carbocycles. The van der Waals surface area contributed by atoms with E-state index < -0.39 is 11.4 Å². The summed E-state index contributed by atoms with van der Waals surface area (Å²) in [4.78, 5) is 24.3. The van der Waals surface area contributed by atoms with Gasteiger partial charge < -0.3 is 9.67 Å². The first-order chi connectivity index (χ1) is 14.3. The van der Waals surface area contributed by atoms with Crippen molar-refractivity contribution in [2.24, 2.45) is 5.41 Å². The van der Waals surface area contributed by atoms with Gasteiger partial charge in [0.05, 0.1) is 5.69 Å². The fourth-order valence-electron chi connectivity index (χ4n) is 4.39. The maximum absolute atomic E-state index is 12.6. The van der Waals surface area contributed by atoms with Gasteiger partial charge in [-0.2, -0.15) is 0 Å². The Labute approximate surface area is 181 Å². The molecule has 5 rings (SSSR count). The van der Waals surface area contributed by atoms with Crippen LogP contribution in [0.1, 0.15) is 42.7 Å². The number of hydrogen-bond donors (Lipinski definition) is 1. The first-order valence-electron chi connectivity index (χ1n) is 9.68. The summed E-state index contributed by atoms with van der Waals surface area (Å²) in [6, 6.07) is 5.82. The molecular weight excluding hydrogens is 416 g/mol. The number of nitrogens with zero attached hydrogens (tertiary/aromatic N) is 2. The molecule has 0 unspecified atom stereocenters. The van der Waals surface area contributed by atoms with Crippen molar-refractivity contribution in [2.45, 2.75) is 33.2 Å². The van der Waals surface area contributed by atoms with Gasteiger partial charge in [0.2, 0.25) is 0 Å². The van der Waals surface area contributed by atoms with E-state index in [1.54, 1.807) is 11.3 Å². The summed E-state index contributed by atoms with van der Waals surface area (Å²) in [6.07, 6.45) is 4.18. The Morgan fingerprint density at radius 2 is 2.07 bits per heavy atom. The van der Waals surface area contributed by atoms with E-state index in [1.165, 1.54) is 39.4 Å². The SMILES string of the molecule is CC(C)(C)[C@@H]1Cc2c(cc(-c3cnsc3)c3ccsc23)-c2cc(=O)c(C(=O)O)cn21. The second-order valence-electron chi connectivity index (χ2n) is 8.76. The third-order valence-electron chi connectivity index (χ3n) is 5.91. The highest BCUT2D eigenvalue weighted by Gasteiger charge is 2.35. The quantitative estimate of drug-likeness (QED) is 0.438. The number of aromatic carboxylic acids is 1. The molecule has 1 N–H and O–H groups in total. The van der Waals surface area contributed by atoms with E-state index >= 15 is 0 Å². The molecule has 3 aromatic heterocycles. The predicted molar refractivity (Wildman–Crippen MR) is 122 cm³/mol. The van der Waals surface area contributed by atoms with Crippen LogP contribution in [0.15, 0.2) is 46.1 Å². The molecule has 0 radical (unpaired) electrons. The fourth-order valence-corrected chi connectivity index (χ4v) is 5.91. The van der Waals surface area contributed by atoms with Crippen molar-refractivity contribution in [1.82, 2.24) is 8.94 Å². The Hall–Kier alpha value is -2.77. The van der Waals surface area contributed by atoms with Gasteiger partial charge in [-0.15, -0.1) is 11.3 Å². The van der Waals surface area contributed by atoms with E-state index in [-0.39, 0.29) is 17.0 Å². The molecule has 0 amide bonds. The van der Waals surface area contributed by atoms with Crippen LogP contribution in [0.3, 0.4) is 0 Å². The highest BCUT2D eigenvalue weighted by Crippen LogP contribution is 2.48. The van der Waals surface area contributed by atoms with Gasteiger partial charge in [0.25, 0.3) is 0 Å². The Kier molecular flexibility index (Phi) is 4.24. The summed E-state index contributed by atoms with van der Waals surface area (Å²) in [5.74, 6) is -1.19. The Morgan fingerprint density at radius 1 is 1.27 bits per heavy atom. The van der Waals surface area contributed by atoms with Crippen molar-refractivity contribution in [3.63, 3.8) is 0 Å². The second-order valence-corrected chi connectivity index (χ2v) is 10.3. The van der Waals surface area contributed by atoms with Gasteiger partial charge in [-0.1, -0.05) is 20.8 Å². The minimum absolute atomic E-state index is 0.0395. The van der Waals surface area contributed by atoms with Crippen LogP contribution >= 0.6 is 22.9 Å². The Morgan fingerprint density at radius 3 is 2.73 bits per heavy atom. The Bertz CT molecular complexity index is 1360. The van der Waals surface area contributed by atoms with Gasteiger partial charge in [0.1, 0.15) is 5.56 Å². The van der Waals surface area contributed by atoms with Gasteiger partial charge in [-0.05, 0) is 52.0 Å². The van der Waals surface area contributed by atoms with E-state index in [1.807, 2.05) is 16.1 Å². The lowest BCUT2D eigenvalue weighted by Gasteiger charge is -2.39. The standard InChI is InChI=1S/C23H20N2O3S2/c1-23(2,3)20-7-16-15(18-8-19(26)17(22(27)28)10-25(18)20)6-14(12-9-24-30-11-12)13-4-5-29-21(13)16/h4-6,8-11,20H,7H2,1-3H3,(H,27,28)/t20-/m0/s1. The maximum Gasteiger partial charge on any atom is 0.341 e. The van der Waals surface area contributed by atoms with Crippen molar-refractivity contribution >= 4 is 38.9 Å². The minimum atomic E-state index is -1.19. The molecule has 30 heavy (non-hydrogen) atoms. The molecule has 0 saturated carbocycles. The summed E-state index contributed by atoms with van der Waals surface area (Å²) < 4.78 is 7.49. The van der Waals surface area contributed by atoms with Crippen LogP contribution in [-0.2, 0) is 6.42 Å². The number of pyridine rings is 1. The van der Waals surface area contributed by atoms with Gasteiger partial charge >= 0.3 is 5.97 Å². The van der Waals surface area contributed by atoms with Gasteiger partial charge in [0, 0.05) is 51.1 Å². The molecule has 0 saturated heterocycles. The molecule has 4 heterocycles. The monoisotopic (exact) mass is 436 g/mol. The summed E-state index contributed by atoms with van der Waals surface area (Å²) in [5.41, 5.74) is 4.40. The van der Waals surface area contributed by atoms with E-state index in [0.717, 1.165) is 28.8 Å². The molecule has 0 spiro atoms. The number of aromatic nitrogens is 2. The van der Waals surface area contributed by atoms with Crippen LogP contribution in [0, 0.1) is 5.41 Å². The first kappa shape index (κ1) is 19.2. The lowest BCUT2D eigenvalue weighted by Crippen LogP contribution is -2.32. The van der Waals surface area contributed by atoms with Crippen molar-refractivity contribution in [1.29, 1.82) is 0 Å². The van der Waals surface area contributed by atoms with Crippen LogP contribution in [0.25, 0.3) is 32.5 Å². The molecule has 7 heteroatoms. The highest BCUT2D eigenvalue weighted by atomic mass is 32.1. The summed E-state index contributed by atoms with van der Waals surface area (Å²) in [5, 5.41) is 14.9. The summed E-state index contributed by atoms with van der Waals surface area (Å²) in [6.45, 7) is 6.46. The van der Waals surface area contributed by atoms with Gasteiger partial charge in [-0.25, -0.2) is 9.17 Å². The zero-order valence-corrected chi connectivity index (χ0v) is 18.4. The lowest BCUT2D eigenvalue weighted by molar-refractivity contribution is 0.0693. The third kappa shape index (κ3) is 2.84. The highest BCUT2D eigenvalue weighted by molar-refractivity contribution is 7.17. The van der Waals surface area contributed by atoms with Crippen LogP contribution in [-0.4, -0.2) is 20.0 Å². The molecule has 152 valence electrons. The summed E-state index contributed by atoms with van der Waals surface area (Å²) >= 11 is 3.13. The molecule has 5 nitrogen and oxygen atoms in total. The van der Waals surface area contributed by atoms with Crippen LogP contribution < -0.4 is 5.43 Å². The number of fused-ring (bicyclic) bond motifs is 5.